The molecule has 3 aromatic carbocycles. The Hall–Kier alpha value is -4.15. The fraction of sp³-hybridized carbons (Fsp3) is 0.147. The van der Waals surface area contributed by atoms with E-state index in [-0.39, 0.29) is 26.5 Å². The van der Waals surface area contributed by atoms with Crippen LogP contribution in [0, 0.1) is 18.8 Å². The molecule has 2 aromatic heterocycles. The second-order valence-corrected chi connectivity index (χ2v) is 10.7. The second kappa shape index (κ2) is 11.8. The number of aromatic nitrogens is 2. The average Bonchev–Trinajstić information content (AvgIpc) is 3.30. The van der Waals surface area contributed by atoms with Gasteiger partial charge in [0.05, 0.1) is 0 Å². The molecule has 0 radical (unpaired) electrons. The van der Waals surface area contributed by atoms with Crippen molar-refractivity contribution in [2.24, 2.45) is 0 Å². The standard InChI is InChI=1S/C34H30N5O.Pt/c1-34(2,3)25-17-19-35-32(21-25)39(26-11-6-5-7-12-26)28-13-10-14-29(22-28)40-33-23-27(18-20-36-33)38-24-37(4)30-15-8-9-16-31(30)38;/h5-21,24H,1-4H3;/q-3;. The maximum atomic E-state index is 6.21. The number of ether oxygens (including phenoxy) is 1. The van der Waals surface area contributed by atoms with E-state index < -0.39 is 0 Å². The van der Waals surface area contributed by atoms with Crippen LogP contribution in [0.15, 0.2) is 103 Å². The zero-order valence-corrected chi connectivity index (χ0v) is 25.6. The molecule has 0 spiro atoms. The summed E-state index contributed by atoms with van der Waals surface area (Å²) in [7, 11) is 2.03. The first-order chi connectivity index (χ1) is 19.4. The van der Waals surface area contributed by atoms with E-state index in [0.717, 1.165) is 34.3 Å². The van der Waals surface area contributed by atoms with Crippen molar-refractivity contribution in [1.29, 1.82) is 0 Å². The van der Waals surface area contributed by atoms with Crippen LogP contribution >= 0.6 is 0 Å². The van der Waals surface area contributed by atoms with Crippen molar-refractivity contribution in [2.45, 2.75) is 26.2 Å². The molecule has 0 saturated carbocycles. The maximum absolute atomic E-state index is 6.21. The van der Waals surface area contributed by atoms with Crippen molar-refractivity contribution < 1.29 is 25.8 Å². The number of rotatable bonds is 6. The number of anilines is 6. The molecule has 1 aliphatic heterocycles. The summed E-state index contributed by atoms with van der Waals surface area (Å²) in [5.74, 6) is 1.71. The van der Waals surface area contributed by atoms with Crippen LogP contribution in [-0.4, -0.2) is 17.0 Å². The quantitative estimate of drug-likeness (QED) is 0.165. The molecule has 0 amide bonds. The summed E-state index contributed by atoms with van der Waals surface area (Å²) in [6.45, 7) is 8.64. The fourth-order valence-corrected chi connectivity index (χ4v) is 4.72. The number of fused-ring (bicyclic) bond motifs is 1. The Balaban J connectivity index is 0.00000337. The van der Waals surface area contributed by atoms with Gasteiger partial charge in [-0.05, 0) is 60.6 Å². The van der Waals surface area contributed by atoms with E-state index >= 15 is 0 Å². The third-order valence-corrected chi connectivity index (χ3v) is 6.78. The third kappa shape index (κ3) is 5.98. The van der Waals surface area contributed by atoms with Gasteiger partial charge in [0, 0.05) is 50.1 Å². The number of benzene rings is 3. The molecule has 41 heavy (non-hydrogen) atoms. The molecule has 0 N–H and O–H groups in total. The Kier molecular flexibility index (Phi) is 8.14. The molecule has 6 nitrogen and oxygen atoms in total. The smallest absolute Gasteiger partial charge is 0.135 e. The molecule has 0 bridgehead atoms. The minimum absolute atomic E-state index is 0. The van der Waals surface area contributed by atoms with Crippen LogP contribution in [-0.2, 0) is 26.5 Å². The molecule has 1 aliphatic rings. The Bertz CT molecular complexity index is 1640. The van der Waals surface area contributed by atoms with E-state index in [1.165, 1.54) is 5.56 Å². The summed E-state index contributed by atoms with van der Waals surface area (Å²) in [6.07, 6.45) is 3.60. The van der Waals surface area contributed by atoms with Crippen LogP contribution in [0.4, 0.5) is 34.3 Å². The van der Waals surface area contributed by atoms with Gasteiger partial charge in [-0.15, -0.1) is 18.2 Å². The van der Waals surface area contributed by atoms with Gasteiger partial charge in [0.25, 0.3) is 0 Å². The molecular weight excluding hydrogens is 689 g/mol. The summed E-state index contributed by atoms with van der Waals surface area (Å²) >= 11 is 0. The predicted octanol–water partition coefficient (Wildman–Crippen LogP) is 8.34. The van der Waals surface area contributed by atoms with Crippen molar-refractivity contribution in [3.05, 3.63) is 128 Å². The zero-order valence-electron chi connectivity index (χ0n) is 23.4. The van der Waals surface area contributed by atoms with E-state index in [4.69, 9.17) is 9.72 Å². The summed E-state index contributed by atoms with van der Waals surface area (Å²) in [4.78, 5) is 15.4. The molecule has 6 rings (SSSR count). The minimum atomic E-state index is -0.0106. The first kappa shape index (κ1) is 28.4. The van der Waals surface area contributed by atoms with Gasteiger partial charge < -0.3 is 19.4 Å². The van der Waals surface area contributed by atoms with E-state index in [2.05, 4.69) is 89.0 Å². The molecule has 0 aliphatic carbocycles. The number of hydrogen-bond acceptors (Lipinski definition) is 6. The van der Waals surface area contributed by atoms with Crippen molar-refractivity contribution in [1.82, 2.24) is 9.97 Å². The first-order valence-corrected chi connectivity index (χ1v) is 13.2. The minimum Gasteiger partial charge on any atom is -0.504 e. The number of nitrogens with zero attached hydrogens (tertiary/aromatic N) is 5. The molecule has 0 fully saturated rings. The van der Waals surface area contributed by atoms with Gasteiger partial charge in [0.2, 0.25) is 0 Å². The summed E-state index contributed by atoms with van der Waals surface area (Å²) in [6, 6.07) is 37.1. The topological polar surface area (TPSA) is 44.7 Å². The van der Waals surface area contributed by atoms with Gasteiger partial charge in [-0.25, -0.2) is 4.98 Å². The van der Waals surface area contributed by atoms with Crippen molar-refractivity contribution >= 4 is 34.3 Å². The zero-order chi connectivity index (χ0) is 27.7. The third-order valence-electron chi connectivity index (χ3n) is 6.78. The Morgan fingerprint density at radius 3 is 2.32 bits per heavy atom. The van der Waals surface area contributed by atoms with Crippen LogP contribution in [0.2, 0.25) is 0 Å². The van der Waals surface area contributed by atoms with Crippen molar-refractivity contribution in [3.63, 3.8) is 0 Å². The largest absolute Gasteiger partial charge is 0.504 e. The second-order valence-electron chi connectivity index (χ2n) is 10.7. The van der Waals surface area contributed by atoms with Crippen LogP contribution in [0.1, 0.15) is 26.3 Å². The van der Waals surface area contributed by atoms with E-state index in [1.54, 1.807) is 6.20 Å². The van der Waals surface area contributed by atoms with Crippen LogP contribution in [0.3, 0.4) is 0 Å². The SMILES string of the molecule is CN1[CH-]N(c2[c-]c(Oc3[c-]c(N(c4ccccc4)c4cc(C(C)(C)C)ccn4)ccc3)ncc2)c2ccccc21.[Pt]. The molecule has 0 saturated heterocycles. The van der Waals surface area contributed by atoms with E-state index in [9.17, 15) is 0 Å². The average molecular weight is 720 g/mol. The van der Waals surface area contributed by atoms with Crippen LogP contribution in [0.5, 0.6) is 11.6 Å². The molecule has 0 atom stereocenters. The van der Waals surface area contributed by atoms with E-state index in [1.807, 2.05) is 74.5 Å². The molecular formula is C34H30N5OPt-3. The van der Waals surface area contributed by atoms with Crippen LogP contribution in [0.25, 0.3) is 0 Å². The fourth-order valence-electron chi connectivity index (χ4n) is 4.72. The van der Waals surface area contributed by atoms with Gasteiger partial charge in [0.15, 0.2) is 0 Å². The summed E-state index contributed by atoms with van der Waals surface area (Å²) < 4.78 is 6.21. The molecule has 210 valence electrons. The Morgan fingerprint density at radius 1 is 0.805 bits per heavy atom. The van der Waals surface area contributed by atoms with Crippen molar-refractivity contribution in [2.75, 3.05) is 21.7 Å². The van der Waals surface area contributed by atoms with Crippen LogP contribution < -0.4 is 19.4 Å². The van der Waals surface area contributed by atoms with Gasteiger partial charge in [-0.3, -0.25) is 4.98 Å². The van der Waals surface area contributed by atoms with Gasteiger partial charge in [-0.2, -0.15) is 30.6 Å². The maximum Gasteiger partial charge on any atom is 0.135 e. The molecule has 5 aromatic rings. The summed E-state index contributed by atoms with van der Waals surface area (Å²) in [5, 5.41) is 0. The monoisotopic (exact) mass is 719 g/mol. The molecule has 0 unspecified atom stereocenters. The summed E-state index contributed by atoms with van der Waals surface area (Å²) in [5.41, 5.74) is 6.02. The number of hydrogen-bond donors (Lipinski definition) is 0. The van der Waals surface area contributed by atoms with E-state index in [0.29, 0.717) is 11.6 Å². The van der Waals surface area contributed by atoms with Gasteiger partial charge in [-0.1, -0.05) is 56.8 Å². The van der Waals surface area contributed by atoms with Gasteiger partial charge >= 0.3 is 0 Å². The molecule has 7 heteroatoms. The normalized spacial score (nSPS) is 12.5. The van der Waals surface area contributed by atoms with Crippen molar-refractivity contribution in [3.8, 4) is 11.6 Å². The first-order valence-electron chi connectivity index (χ1n) is 13.2. The Morgan fingerprint density at radius 2 is 1.54 bits per heavy atom. The predicted molar refractivity (Wildman–Crippen MR) is 161 cm³/mol. The Labute approximate surface area is 256 Å². The molecule has 3 heterocycles. The number of pyridine rings is 2. The number of para-hydroxylation sites is 3. The van der Waals surface area contributed by atoms with Gasteiger partial charge in [0.1, 0.15) is 11.7 Å².